The number of hydrogen-bond acceptors (Lipinski definition) is 2. The van der Waals surface area contributed by atoms with Gasteiger partial charge in [0.15, 0.2) is 5.88 Å². The number of H-pyrrole nitrogens is 1. The third-order valence-electron chi connectivity index (χ3n) is 3.28. The van der Waals surface area contributed by atoms with E-state index < -0.39 is 0 Å². The number of halogens is 2. The zero-order valence-corrected chi connectivity index (χ0v) is 13.5. The minimum atomic E-state index is 0.103. The lowest BCUT2D eigenvalue weighted by Crippen LogP contribution is -1.81. The van der Waals surface area contributed by atoms with Gasteiger partial charge in [-0.2, -0.15) is 0 Å². The van der Waals surface area contributed by atoms with Crippen molar-refractivity contribution in [1.29, 1.82) is 0 Å². The topological polar surface area (TPSA) is 48.4 Å². The summed E-state index contributed by atoms with van der Waals surface area (Å²) in [5.74, 6) is 0.103. The van der Waals surface area contributed by atoms with Crippen molar-refractivity contribution >= 4 is 50.3 Å². The highest BCUT2D eigenvalue weighted by molar-refractivity contribution is 9.10. The maximum atomic E-state index is 10.0. The van der Waals surface area contributed by atoms with Gasteiger partial charge in [-0.25, -0.2) is 0 Å². The van der Waals surface area contributed by atoms with Crippen molar-refractivity contribution in [2.75, 3.05) is 0 Å². The van der Waals surface area contributed by atoms with Gasteiger partial charge in [0.1, 0.15) is 0 Å². The quantitative estimate of drug-likeness (QED) is 0.592. The van der Waals surface area contributed by atoms with E-state index >= 15 is 0 Å². The Labute approximate surface area is 135 Å². The number of aromatic hydroxyl groups is 1. The maximum absolute atomic E-state index is 10.0. The van der Waals surface area contributed by atoms with E-state index in [-0.39, 0.29) is 5.88 Å². The number of aromatic nitrogens is 1. The first-order valence-electron chi connectivity index (χ1n) is 6.35. The Morgan fingerprint density at radius 1 is 1.24 bits per heavy atom. The minimum Gasteiger partial charge on any atom is -0.494 e. The summed E-state index contributed by atoms with van der Waals surface area (Å²) < 4.78 is 0.947. The lowest BCUT2D eigenvalue weighted by atomic mass is 10.2. The summed E-state index contributed by atoms with van der Waals surface area (Å²) in [6.45, 7) is 1.97. The van der Waals surface area contributed by atoms with Crippen LogP contribution in [-0.4, -0.2) is 16.3 Å². The molecule has 0 unspecified atom stereocenters. The summed E-state index contributed by atoms with van der Waals surface area (Å²) in [4.78, 5) is 7.38. The molecule has 3 nitrogen and oxygen atoms in total. The zero-order chi connectivity index (χ0) is 15.0. The van der Waals surface area contributed by atoms with E-state index in [1.165, 1.54) is 0 Å². The van der Waals surface area contributed by atoms with Crippen molar-refractivity contribution in [2.45, 2.75) is 6.92 Å². The molecule has 3 aromatic rings. The van der Waals surface area contributed by atoms with Gasteiger partial charge in [0.05, 0.1) is 11.3 Å². The van der Waals surface area contributed by atoms with Crippen LogP contribution in [0.2, 0.25) is 5.02 Å². The van der Waals surface area contributed by atoms with Gasteiger partial charge in [-0.1, -0.05) is 33.6 Å². The summed E-state index contributed by atoms with van der Waals surface area (Å²) >= 11 is 9.42. The van der Waals surface area contributed by atoms with E-state index in [1.807, 2.05) is 37.3 Å². The van der Waals surface area contributed by atoms with Gasteiger partial charge in [0, 0.05) is 26.6 Å². The number of hydrogen-bond donors (Lipinski definition) is 2. The molecule has 0 spiro atoms. The van der Waals surface area contributed by atoms with Crippen LogP contribution in [0.15, 0.2) is 45.9 Å². The summed E-state index contributed by atoms with van der Waals surface area (Å²) in [5.41, 5.74) is 3.33. The molecular weight excluding hydrogens is 352 g/mol. The Kier molecular flexibility index (Phi) is 3.74. The van der Waals surface area contributed by atoms with Crippen LogP contribution in [0.4, 0.5) is 5.69 Å². The average molecular weight is 364 g/mol. The van der Waals surface area contributed by atoms with E-state index in [0.717, 1.165) is 26.6 Å². The first-order chi connectivity index (χ1) is 10.0. The van der Waals surface area contributed by atoms with Crippen LogP contribution in [0.5, 0.6) is 5.88 Å². The van der Waals surface area contributed by atoms with Crippen molar-refractivity contribution in [3.05, 3.63) is 57.0 Å². The molecule has 2 aromatic carbocycles. The molecule has 0 aliphatic heterocycles. The van der Waals surface area contributed by atoms with Crippen LogP contribution < -0.4 is 0 Å². The van der Waals surface area contributed by atoms with Crippen LogP contribution in [0.25, 0.3) is 10.9 Å². The van der Waals surface area contributed by atoms with Gasteiger partial charge in [-0.3, -0.25) is 4.99 Å². The van der Waals surface area contributed by atoms with Gasteiger partial charge in [-0.05, 0) is 42.8 Å². The monoisotopic (exact) mass is 362 g/mol. The summed E-state index contributed by atoms with van der Waals surface area (Å²) in [7, 11) is 0. The number of nitrogens with one attached hydrogen (secondary N) is 1. The highest BCUT2D eigenvalue weighted by Crippen LogP contribution is 2.29. The summed E-state index contributed by atoms with van der Waals surface area (Å²) in [6, 6.07) is 11.3. The predicted octanol–water partition coefficient (Wildman–Crippen LogP) is 5.35. The van der Waals surface area contributed by atoms with E-state index in [9.17, 15) is 5.11 Å². The molecule has 1 heterocycles. The van der Waals surface area contributed by atoms with Crippen molar-refractivity contribution in [2.24, 2.45) is 4.99 Å². The Morgan fingerprint density at radius 2 is 2.05 bits per heavy atom. The SMILES string of the molecule is Cc1ccc(Cl)cc1N=Cc1c(O)[nH]c2ccc(Br)cc12. The molecule has 0 bridgehead atoms. The molecule has 0 fully saturated rings. The third-order valence-corrected chi connectivity index (χ3v) is 4.01. The number of aliphatic imine (C=N–C) groups is 1. The van der Waals surface area contributed by atoms with Crippen LogP contribution in [0.1, 0.15) is 11.1 Å². The molecule has 0 amide bonds. The first-order valence-corrected chi connectivity index (χ1v) is 7.52. The van der Waals surface area contributed by atoms with E-state index in [4.69, 9.17) is 11.6 Å². The predicted molar refractivity (Wildman–Crippen MR) is 91.1 cm³/mol. The van der Waals surface area contributed by atoms with Crippen LogP contribution in [0.3, 0.4) is 0 Å². The van der Waals surface area contributed by atoms with Crippen molar-refractivity contribution in [3.63, 3.8) is 0 Å². The molecule has 3 rings (SSSR count). The molecule has 0 aliphatic rings. The number of benzene rings is 2. The molecule has 106 valence electrons. The van der Waals surface area contributed by atoms with Gasteiger partial charge in [0.2, 0.25) is 0 Å². The Hall–Kier alpha value is -1.78. The number of rotatable bonds is 2. The summed E-state index contributed by atoms with van der Waals surface area (Å²) in [6.07, 6.45) is 1.65. The smallest absolute Gasteiger partial charge is 0.198 e. The highest BCUT2D eigenvalue weighted by atomic mass is 79.9. The molecule has 5 heteroatoms. The maximum Gasteiger partial charge on any atom is 0.198 e. The van der Waals surface area contributed by atoms with Crippen LogP contribution in [-0.2, 0) is 0 Å². The van der Waals surface area contributed by atoms with Gasteiger partial charge in [-0.15, -0.1) is 0 Å². The van der Waals surface area contributed by atoms with Crippen LogP contribution in [0, 0.1) is 6.92 Å². The van der Waals surface area contributed by atoms with Crippen molar-refractivity contribution in [1.82, 2.24) is 4.98 Å². The Bertz CT molecular complexity index is 855. The first kappa shape index (κ1) is 14.2. The van der Waals surface area contributed by atoms with E-state index in [2.05, 4.69) is 25.9 Å². The molecule has 1 aromatic heterocycles. The van der Waals surface area contributed by atoms with Gasteiger partial charge < -0.3 is 10.1 Å². The molecule has 0 atom stereocenters. The molecule has 2 N–H and O–H groups in total. The van der Waals surface area contributed by atoms with E-state index in [1.54, 1.807) is 12.3 Å². The largest absolute Gasteiger partial charge is 0.494 e. The second-order valence-electron chi connectivity index (χ2n) is 4.77. The lowest BCUT2D eigenvalue weighted by Gasteiger charge is -2.00. The standard InChI is InChI=1S/C16H12BrClN2O/c1-9-2-4-11(18)7-15(9)19-8-13-12-6-10(17)3-5-14(12)20-16(13)21/h2-8,20-21H,1H3. The van der Waals surface area contributed by atoms with Crippen molar-refractivity contribution < 1.29 is 5.11 Å². The van der Waals surface area contributed by atoms with Crippen LogP contribution >= 0.6 is 27.5 Å². The Morgan fingerprint density at radius 3 is 2.86 bits per heavy atom. The lowest BCUT2D eigenvalue weighted by molar-refractivity contribution is 0.457. The molecule has 0 radical (unpaired) electrons. The van der Waals surface area contributed by atoms with Crippen molar-refractivity contribution in [3.8, 4) is 5.88 Å². The minimum absolute atomic E-state index is 0.103. The molecule has 0 saturated carbocycles. The fourth-order valence-corrected chi connectivity index (χ4v) is 2.68. The fraction of sp³-hybridized carbons (Fsp3) is 0.0625. The second-order valence-corrected chi connectivity index (χ2v) is 6.12. The Balaban J connectivity index is 2.09. The molecule has 0 saturated heterocycles. The zero-order valence-electron chi connectivity index (χ0n) is 11.2. The number of fused-ring (bicyclic) bond motifs is 1. The second kappa shape index (κ2) is 5.54. The molecular formula is C16H12BrClN2O. The average Bonchev–Trinajstić information content (AvgIpc) is 2.75. The molecule has 0 aliphatic carbocycles. The normalized spacial score (nSPS) is 11.6. The number of nitrogens with zero attached hydrogens (tertiary/aromatic N) is 1. The summed E-state index contributed by atoms with van der Waals surface area (Å²) in [5, 5.41) is 11.6. The fourth-order valence-electron chi connectivity index (χ4n) is 2.16. The van der Waals surface area contributed by atoms with Gasteiger partial charge >= 0.3 is 0 Å². The van der Waals surface area contributed by atoms with E-state index in [0.29, 0.717) is 10.6 Å². The third kappa shape index (κ3) is 2.82. The number of aryl methyl sites for hydroxylation is 1. The molecule has 21 heavy (non-hydrogen) atoms. The number of aromatic amines is 1. The van der Waals surface area contributed by atoms with Gasteiger partial charge in [0.25, 0.3) is 0 Å². The highest BCUT2D eigenvalue weighted by Gasteiger charge is 2.09.